The molecule has 0 radical (unpaired) electrons. The van der Waals surface area contributed by atoms with E-state index in [1.165, 1.54) is 6.92 Å². The Kier molecular flexibility index (Phi) is 5.68. The van der Waals surface area contributed by atoms with Crippen LogP contribution in [0.15, 0.2) is 11.6 Å². The van der Waals surface area contributed by atoms with E-state index in [-0.39, 0.29) is 5.78 Å². The number of Topliss-reactive ketones (excluding diaryl/α,β-unsaturated/α-hetero) is 1. The van der Waals surface area contributed by atoms with Crippen LogP contribution < -0.4 is 0 Å². The quantitative estimate of drug-likeness (QED) is 0.553. The second-order valence-corrected chi connectivity index (χ2v) is 31.8. The van der Waals surface area contributed by atoms with Crippen LogP contribution in [0.3, 0.4) is 0 Å². The minimum atomic E-state index is -3.01. The number of carbonyl (C=O) groups is 1. The Morgan fingerprint density at radius 3 is 2.18 bits per heavy atom. The number of ketones is 1. The topological polar surface area (TPSA) is 17.1 Å². The van der Waals surface area contributed by atoms with Crippen molar-refractivity contribution in [1.29, 1.82) is 0 Å². The van der Waals surface area contributed by atoms with Gasteiger partial charge in [-0.3, -0.25) is 0 Å². The number of allylic oxidation sites excluding steroid dienone is 2. The van der Waals surface area contributed by atoms with Crippen LogP contribution in [0.5, 0.6) is 0 Å². The van der Waals surface area contributed by atoms with Gasteiger partial charge in [-0.1, -0.05) is 0 Å². The van der Waals surface area contributed by atoms with Gasteiger partial charge in [0.05, 0.1) is 0 Å². The summed E-state index contributed by atoms with van der Waals surface area (Å²) < 4.78 is 0.531. The van der Waals surface area contributed by atoms with Crippen LogP contribution in [0, 0.1) is 0 Å². The van der Waals surface area contributed by atoms with Crippen LogP contribution in [0.4, 0.5) is 0 Å². The molecule has 1 nitrogen and oxygen atoms in total. The van der Waals surface area contributed by atoms with Gasteiger partial charge in [0.15, 0.2) is 0 Å². The average molecular weight is 367 g/mol. The van der Waals surface area contributed by atoms with Gasteiger partial charge in [-0.2, -0.15) is 0 Å². The Bertz CT molecular complexity index is 186. The fourth-order valence-corrected chi connectivity index (χ4v) is 7.13. The van der Waals surface area contributed by atoms with Crippen LogP contribution in [0.25, 0.3) is 0 Å². The second kappa shape index (κ2) is 5.10. The van der Waals surface area contributed by atoms with Crippen molar-refractivity contribution in [2.75, 3.05) is 0 Å². The van der Waals surface area contributed by atoms with Crippen molar-refractivity contribution < 1.29 is 4.79 Å². The Morgan fingerprint density at radius 1 is 1.64 bits per heavy atom. The zero-order valence-corrected chi connectivity index (χ0v) is 12.3. The molecule has 0 heterocycles. The average Bonchev–Trinajstić information content (AvgIpc) is 1.80. The maximum absolute atomic E-state index is 10.9. The molecule has 11 heavy (non-hydrogen) atoms. The van der Waals surface area contributed by atoms with E-state index in [2.05, 4.69) is 12.7 Å². The molecule has 0 amide bonds. The zero-order valence-electron chi connectivity index (χ0n) is 6.33. The molecule has 0 bridgehead atoms. The summed E-state index contributed by atoms with van der Waals surface area (Å²) in [5.74, 6) is 0.0503. The van der Waals surface area contributed by atoms with Gasteiger partial charge in [0, 0.05) is 0 Å². The monoisotopic (exact) mass is 366 g/mol. The van der Waals surface area contributed by atoms with Gasteiger partial charge in [0.2, 0.25) is 0 Å². The van der Waals surface area contributed by atoms with E-state index >= 15 is 0 Å². The summed E-state index contributed by atoms with van der Waals surface area (Å²) in [6.45, 7) is 3.34. The Labute approximate surface area is 84.2 Å². The Morgan fingerprint density at radius 2 is 2.09 bits per heavy atom. The van der Waals surface area contributed by atoms with Crippen molar-refractivity contribution in [2.24, 2.45) is 0 Å². The summed E-state index contributed by atoms with van der Waals surface area (Å²) in [4.78, 5) is 10.9. The molecule has 0 fully saturated rings. The van der Waals surface area contributed by atoms with E-state index in [1.54, 1.807) is 6.08 Å². The van der Waals surface area contributed by atoms with E-state index in [0.717, 1.165) is 5.57 Å². The van der Waals surface area contributed by atoms with Crippen molar-refractivity contribution in [3.05, 3.63) is 11.6 Å². The van der Waals surface area contributed by atoms with Gasteiger partial charge >= 0.3 is 85.0 Å². The normalized spacial score (nSPS) is 13.4. The molecule has 64 valence electrons. The summed E-state index contributed by atoms with van der Waals surface area (Å²) in [6.07, 6.45) is 1.76. The SMILES string of the molecule is C/C=C(/[CH2][Sn]([Cl])([Cl])[Br])C(C)=O. The van der Waals surface area contributed by atoms with Gasteiger partial charge in [-0.25, -0.2) is 0 Å². The third-order valence-corrected chi connectivity index (χ3v) is 7.10. The molecule has 0 spiro atoms. The molecule has 0 N–H and O–H groups in total. The first-order chi connectivity index (χ1) is 4.87. The van der Waals surface area contributed by atoms with Crippen molar-refractivity contribution in [1.82, 2.24) is 0 Å². The second-order valence-electron chi connectivity index (χ2n) is 2.16. The molecule has 0 rings (SSSR count). The number of hydrogen-bond acceptors (Lipinski definition) is 1. The molecule has 0 saturated heterocycles. The number of carbonyl (C=O) groups excluding carboxylic acids is 1. The van der Waals surface area contributed by atoms with Crippen molar-refractivity contribution in [3.63, 3.8) is 0 Å². The van der Waals surface area contributed by atoms with Gasteiger partial charge < -0.3 is 0 Å². The maximum atomic E-state index is 10.9. The van der Waals surface area contributed by atoms with Gasteiger partial charge in [0.25, 0.3) is 0 Å². The molecule has 5 heteroatoms. The number of hydrogen-bond donors (Lipinski definition) is 0. The molecular formula is C6H9BrCl2OSn. The molecule has 0 aliphatic heterocycles. The number of halogens is 3. The first-order valence-electron chi connectivity index (χ1n) is 3.09. The van der Waals surface area contributed by atoms with Crippen LogP contribution in [0.1, 0.15) is 13.8 Å². The van der Waals surface area contributed by atoms with Crippen LogP contribution in [-0.4, -0.2) is 19.7 Å². The summed E-state index contributed by atoms with van der Waals surface area (Å²) in [7, 11) is 11.7. The standard InChI is InChI=1S/C6H9O.BrH.2ClH.Sn/c1-4-5(2)6(3)7;;;;/h4H,2H2,1,3H3;3*1H;/q;;;;+3/p-3/b5-4-;;;;. The van der Waals surface area contributed by atoms with Gasteiger partial charge in [-0.15, -0.1) is 0 Å². The first kappa shape index (κ1) is 12.3. The summed E-state index contributed by atoms with van der Waals surface area (Å²) >= 11 is 0.230. The molecule has 0 saturated carbocycles. The van der Waals surface area contributed by atoms with Crippen LogP contribution >= 0.6 is 30.5 Å². The van der Waals surface area contributed by atoms with Crippen molar-refractivity contribution >= 4 is 50.2 Å². The van der Waals surface area contributed by atoms with E-state index in [9.17, 15) is 4.79 Å². The first-order valence-corrected chi connectivity index (χ1v) is 18.7. The van der Waals surface area contributed by atoms with E-state index in [1.807, 2.05) is 6.92 Å². The fraction of sp³-hybridized carbons (Fsp3) is 0.500. The van der Waals surface area contributed by atoms with E-state index < -0.39 is 13.9 Å². The molecule has 0 aromatic carbocycles. The predicted molar refractivity (Wildman–Crippen MR) is 55.6 cm³/mol. The third-order valence-electron chi connectivity index (χ3n) is 1.19. The van der Waals surface area contributed by atoms with Crippen LogP contribution in [0.2, 0.25) is 4.44 Å². The molecule has 0 unspecified atom stereocenters. The predicted octanol–water partition coefficient (Wildman–Crippen LogP) is 3.33. The molecular weight excluding hydrogens is 358 g/mol. The third kappa shape index (κ3) is 6.43. The van der Waals surface area contributed by atoms with E-state index in [4.69, 9.17) is 17.8 Å². The minimum absolute atomic E-state index is 0.0503. The summed E-state index contributed by atoms with van der Waals surface area (Å²) in [5, 5.41) is 0. The van der Waals surface area contributed by atoms with Crippen molar-refractivity contribution in [3.8, 4) is 0 Å². The molecule has 0 aromatic heterocycles. The molecule has 0 aromatic rings. The summed E-state index contributed by atoms with van der Waals surface area (Å²) in [6, 6.07) is 0. The van der Waals surface area contributed by atoms with Gasteiger partial charge in [-0.05, 0) is 0 Å². The Balaban J connectivity index is 4.24. The van der Waals surface area contributed by atoms with Crippen LogP contribution in [-0.2, 0) is 4.79 Å². The summed E-state index contributed by atoms with van der Waals surface area (Å²) in [5.41, 5.74) is 0.725. The molecule has 0 aliphatic rings. The fourth-order valence-electron chi connectivity index (χ4n) is 0.646. The van der Waals surface area contributed by atoms with Crippen molar-refractivity contribution in [2.45, 2.75) is 18.3 Å². The van der Waals surface area contributed by atoms with Gasteiger partial charge in [0.1, 0.15) is 0 Å². The zero-order chi connectivity index (χ0) is 9.07. The Hall–Kier alpha value is 1.27. The molecule has 0 atom stereocenters. The van der Waals surface area contributed by atoms with E-state index in [0.29, 0.717) is 4.44 Å². The molecule has 0 aliphatic carbocycles. The number of rotatable bonds is 3.